The van der Waals surface area contributed by atoms with Crippen LogP contribution in [-0.4, -0.2) is 104 Å². The molecule has 1 N–H and O–H groups in total. The first-order valence-electron chi connectivity index (χ1n) is 15.1. The summed E-state index contributed by atoms with van der Waals surface area (Å²) >= 11 is 12.8. The summed E-state index contributed by atoms with van der Waals surface area (Å²) in [5.74, 6) is -0.188. The maximum absolute atomic E-state index is 13.2. The van der Waals surface area contributed by atoms with E-state index >= 15 is 0 Å². The molecule has 0 saturated carbocycles. The van der Waals surface area contributed by atoms with Crippen molar-refractivity contribution in [2.75, 3.05) is 73.2 Å². The van der Waals surface area contributed by atoms with Crippen LogP contribution in [0.2, 0.25) is 10.0 Å². The number of benzene rings is 1. The minimum absolute atomic E-state index is 0.00116. The van der Waals surface area contributed by atoms with Crippen LogP contribution in [0.5, 0.6) is 11.6 Å². The number of H-pyrrole nitrogens is 1. The van der Waals surface area contributed by atoms with Crippen molar-refractivity contribution in [1.82, 2.24) is 24.5 Å². The van der Waals surface area contributed by atoms with Crippen molar-refractivity contribution >= 4 is 29.4 Å². The van der Waals surface area contributed by atoms with Gasteiger partial charge < -0.3 is 37.9 Å². The number of methoxy groups -OCH3 is 1. The number of carbonyl (C=O) groups excluding carboxylic acids is 1. The minimum atomic E-state index is -1.20. The predicted molar refractivity (Wildman–Crippen MR) is 175 cm³/mol. The largest absolute Gasteiger partial charge is 0.510 e. The quantitative estimate of drug-likeness (QED) is 0.122. The molecule has 0 unspecified atom stereocenters. The molecule has 0 aliphatic carbocycles. The average molecular weight is 744 g/mol. The van der Waals surface area contributed by atoms with Crippen molar-refractivity contribution in [3.63, 3.8) is 0 Å². The molecule has 0 saturated heterocycles. The monoisotopic (exact) mass is 742 g/mol. The molecule has 18 nitrogen and oxygen atoms in total. The third-order valence-electron chi connectivity index (χ3n) is 6.34. The molecule has 3 rings (SSSR count). The van der Waals surface area contributed by atoms with Gasteiger partial charge in [0.15, 0.2) is 12.5 Å². The Morgan fingerprint density at radius 2 is 1.44 bits per heavy atom. The number of hydrogen-bond donors (Lipinski definition) is 1. The Kier molecular flexibility index (Phi) is 16.8. The van der Waals surface area contributed by atoms with Crippen LogP contribution in [0.3, 0.4) is 0 Å². The Labute approximate surface area is 295 Å². The maximum atomic E-state index is 13.2. The summed E-state index contributed by atoms with van der Waals surface area (Å²) in [4.78, 5) is 50.0. The fourth-order valence-corrected chi connectivity index (χ4v) is 4.42. The topological polar surface area (TPSA) is 217 Å². The number of nitrogens with one attached hydrogen (secondary N) is 1. The maximum Gasteiger partial charge on any atom is 0.510 e. The lowest BCUT2D eigenvalue weighted by molar-refractivity contribution is -0.0171. The van der Waals surface area contributed by atoms with Crippen LogP contribution in [0, 0.1) is 11.3 Å². The molecule has 272 valence electrons. The van der Waals surface area contributed by atoms with Gasteiger partial charge in [0, 0.05) is 18.7 Å². The van der Waals surface area contributed by atoms with Crippen molar-refractivity contribution < 1.29 is 42.7 Å². The van der Waals surface area contributed by atoms with Gasteiger partial charge >= 0.3 is 11.8 Å². The summed E-state index contributed by atoms with van der Waals surface area (Å²) in [6, 6.07) is 5.49. The molecular formula is C30H36Cl2N6O12. The smallest absolute Gasteiger partial charge is 0.434 e. The number of nitriles is 1. The van der Waals surface area contributed by atoms with Gasteiger partial charge in [0.25, 0.3) is 11.1 Å². The summed E-state index contributed by atoms with van der Waals surface area (Å²) < 4.78 is 42.8. The molecule has 50 heavy (non-hydrogen) atoms. The van der Waals surface area contributed by atoms with Crippen LogP contribution in [0.1, 0.15) is 31.0 Å². The summed E-state index contributed by atoms with van der Waals surface area (Å²) in [6.45, 7) is 5.76. The van der Waals surface area contributed by atoms with E-state index in [9.17, 15) is 24.4 Å². The number of aromatic amines is 1. The van der Waals surface area contributed by atoms with Crippen LogP contribution in [-0.2, 0) is 39.9 Å². The Hall–Kier alpha value is -4.35. The average Bonchev–Trinajstić information content (AvgIpc) is 3.08. The number of halogens is 2. The molecule has 0 aliphatic rings. The van der Waals surface area contributed by atoms with E-state index in [2.05, 4.69) is 15.3 Å². The number of carbonyl (C=O) groups is 1. The highest BCUT2D eigenvalue weighted by molar-refractivity contribution is 6.37. The van der Waals surface area contributed by atoms with Gasteiger partial charge in [-0.3, -0.25) is 9.59 Å². The van der Waals surface area contributed by atoms with Crippen LogP contribution < -0.4 is 21.5 Å². The molecule has 2 aromatic heterocycles. The standard InChI is InChI=1S/C30H36Cl2N6O12/c1-19(2)21-16-25(34-35-27(21)39)50-26-22(31)14-20(15-23(26)32)38-29(41)37(28(40)24(17-33)36-38)18-49-30(42)48-13-12-47-11-10-46-9-8-45-7-6-44-5-4-43-3/h14-16,19H,4-13,18H2,1-3H3,(H,35,39). The van der Waals surface area contributed by atoms with Gasteiger partial charge in [0.2, 0.25) is 11.6 Å². The van der Waals surface area contributed by atoms with Crippen molar-refractivity contribution in [3.8, 4) is 23.4 Å². The normalized spacial score (nSPS) is 11.1. The lowest BCUT2D eigenvalue weighted by atomic mass is 10.1. The molecule has 0 aliphatic heterocycles. The highest BCUT2D eigenvalue weighted by Crippen LogP contribution is 2.37. The van der Waals surface area contributed by atoms with Crippen molar-refractivity contribution in [3.05, 3.63) is 70.7 Å². The first-order valence-corrected chi connectivity index (χ1v) is 15.8. The molecule has 2 heterocycles. The number of nitrogens with zero attached hydrogens (tertiary/aromatic N) is 5. The van der Waals surface area contributed by atoms with Gasteiger partial charge in [0.1, 0.15) is 12.7 Å². The third kappa shape index (κ3) is 12.2. The summed E-state index contributed by atoms with van der Waals surface area (Å²) in [7, 11) is 1.60. The van der Waals surface area contributed by atoms with E-state index in [4.69, 9.17) is 61.1 Å². The molecule has 1 aromatic carbocycles. The van der Waals surface area contributed by atoms with E-state index in [-0.39, 0.29) is 65.3 Å². The molecular weight excluding hydrogens is 707 g/mol. The van der Waals surface area contributed by atoms with E-state index in [1.807, 2.05) is 13.8 Å². The molecule has 0 bridgehead atoms. The minimum Gasteiger partial charge on any atom is -0.434 e. The van der Waals surface area contributed by atoms with Crippen molar-refractivity contribution in [1.29, 1.82) is 5.26 Å². The van der Waals surface area contributed by atoms with E-state index in [1.54, 1.807) is 13.2 Å². The van der Waals surface area contributed by atoms with Gasteiger partial charge in [-0.15, -0.1) is 10.2 Å². The molecule has 20 heteroatoms. The molecule has 0 atom stereocenters. The lowest BCUT2D eigenvalue weighted by Gasteiger charge is -2.14. The first-order chi connectivity index (χ1) is 24.1. The molecule has 0 amide bonds. The fraction of sp³-hybridized carbons (Fsp3) is 0.500. The van der Waals surface area contributed by atoms with E-state index < -0.39 is 29.8 Å². The SMILES string of the molecule is COCCOCCOCCOCCOCCOC(=O)OCn1c(=O)c(C#N)nn(-c2cc(Cl)c(Oc3cc(C(C)C)c(=O)[nH]n3)c(Cl)c2)c1=O. The summed E-state index contributed by atoms with van der Waals surface area (Å²) in [5.41, 5.74) is -2.92. The molecule has 3 aromatic rings. The highest BCUT2D eigenvalue weighted by atomic mass is 35.5. The van der Waals surface area contributed by atoms with E-state index in [1.165, 1.54) is 18.2 Å². The van der Waals surface area contributed by atoms with Crippen molar-refractivity contribution in [2.45, 2.75) is 26.5 Å². The zero-order valence-electron chi connectivity index (χ0n) is 27.5. The molecule has 0 fully saturated rings. The second kappa shape index (κ2) is 21.0. The summed E-state index contributed by atoms with van der Waals surface area (Å²) in [5, 5.41) is 19.2. The highest BCUT2D eigenvalue weighted by Gasteiger charge is 2.20. The van der Waals surface area contributed by atoms with Gasteiger partial charge in [-0.1, -0.05) is 37.0 Å². The second-order valence-electron chi connectivity index (χ2n) is 10.2. The Morgan fingerprint density at radius 1 is 0.880 bits per heavy atom. The fourth-order valence-electron chi connectivity index (χ4n) is 3.87. The van der Waals surface area contributed by atoms with Crippen LogP contribution in [0.15, 0.2) is 32.6 Å². The van der Waals surface area contributed by atoms with Gasteiger partial charge in [-0.2, -0.15) is 9.94 Å². The Bertz CT molecular complexity index is 1770. The number of hydrogen-bond acceptors (Lipinski definition) is 15. The van der Waals surface area contributed by atoms with Gasteiger partial charge in [0.05, 0.1) is 75.2 Å². The number of aromatic nitrogens is 5. The molecule has 0 radical (unpaired) electrons. The zero-order chi connectivity index (χ0) is 36.5. The van der Waals surface area contributed by atoms with Gasteiger partial charge in [-0.25, -0.2) is 19.3 Å². The first kappa shape index (κ1) is 40.1. The van der Waals surface area contributed by atoms with Crippen LogP contribution in [0.25, 0.3) is 5.69 Å². The summed E-state index contributed by atoms with van der Waals surface area (Å²) in [6.07, 6.45) is -1.20. The van der Waals surface area contributed by atoms with Crippen molar-refractivity contribution in [2.24, 2.45) is 0 Å². The Balaban J connectivity index is 1.52. The van der Waals surface area contributed by atoms with Crippen LogP contribution >= 0.6 is 23.2 Å². The number of ether oxygens (including phenoxy) is 8. The Morgan fingerprint density at radius 3 is 1.98 bits per heavy atom. The van der Waals surface area contributed by atoms with E-state index in [0.29, 0.717) is 54.5 Å². The van der Waals surface area contributed by atoms with Gasteiger partial charge in [-0.05, 0) is 18.1 Å². The lowest BCUT2D eigenvalue weighted by Crippen LogP contribution is -2.43. The zero-order valence-corrected chi connectivity index (χ0v) is 29.0. The molecule has 0 spiro atoms. The second-order valence-corrected chi connectivity index (χ2v) is 11.0. The van der Waals surface area contributed by atoms with E-state index in [0.717, 1.165) is 0 Å². The van der Waals surface area contributed by atoms with Crippen LogP contribution in [0.4, 0.5) is 4.79 Å². The third-order valence-corrected chi connectivity index (χ3v) is 6.90. The number of rotatable bonds is 21. The predicted octanol–water partition coefficient (Wildman–Crippen LogP) is 2.40.